The standard InChI is InChI=1S/C42H52O12/c1-44-38-15-13-36(14-16-38)33-54-41-39(52-27-25-48-19-17-46-21-23-50-31-34-9-5-3-6-10-34)29-37(42(43)45-2)30-40(41)53-28-26-49-20-18-47-22-24-51-32-35-11-7-4-8-12-35/h3-16,29-30H,17-28,31-33H2,1-2H3. The van der Waals surface area contributed by atoms with Gasteiger partial charge in [-0.25, -0.2) is 4.79 Å². The number of esters is 1. The predicted octanol–water partition coefficient (Wildman–Crippen LogP) is 6.32. The van der Waals surface area contributed by atoms with E-state index in [1.54, 1.807) is 19.2 Å². The highest BCUT2D eigenvalue weighted by molar-refractivity contribution is 5.91. The maximum absolute atomic E-state index is 12.6. The first kappa shape index (κ1) is 42.1. The molecule has 0 aliphatic rings. The molecule has 0 aliphatic carbocycles. The number of carbonyl (C=O) groups is 1. The number of ether oxygens (including phenoxy) is 11. The topological polar surface area (TPSA) is 119 Å². The Hall–Kier alpha value is -4.69. The number of carbonyl (C=O) groups excluding carboxylic acids is 1. The van der Waals surface area contributed by atoms with Gasteiger partial charge in [0.1, 0.15) is 25.6 Å². The lowest BCUT2D eigenvalue weighted by molar-refractivity contribution is 0.00530. The van der Waals surface area contributed by atoms with E-state index in [4.69, 9.17) is 52.1 Å². The summed E-state index contributed by atoms with van der Waals surface area (Å²) in [5.41, 5.74) is 3.38. The van der Waals surface area contributed by atoms with Crippen LogP contribution < -0.4 is 18.9 Å². The largest absolute Gasteiger partial charge is 0.497 e. The molecule has 0 atom stereocenters. The van der Waals surface area contributed by atoms with Gasteiger partial charge in [0.25, 0.3) is 0 Å². The third kappa shape index (κ3) is 16.5. The zero-order chi connectivity index (χ0) is 37.9. The molecule has 0 radical (unpaired) electrons. The minimum Gasteiger partial charge on any atom is -0.497 e. The van der Waals surface area contributed by atoms with Crippen LogP contribution >= 0.6 is 0 Å². The molecule has 0 aliphatic heterocycles. The van der Waals surface area contributed by atoms with Crippen LogP contribution in [-0.4, -0.2) is 99.5 Å². The van der Waals surface area contributed by atoms with Crippen molar-refractivity contribution in [2.75, 3.05) is 93.5 Å². The molecule has 0 aromatic heterocycles. The number of methoxy groups -OCH3 is 2. The van der Waals surface area contributed by atoms with Crippen LogP contribution in [-0.2, 0) is 53.0 Å². The second kappa shape index (κ2) is 26.1. The highest BCUT2D eigenvalue weighted by Gasteiger charge is 2.20. The van der Waals surface area contributed by atoms with Crippen LogP contribution in [0.5, 0.6) is 23.0 Å². The van der Waals surface area contributed by atoms with E-state index in [0.29, 0.717) is 83.3 Å². The Labute approximate surface area is 318 Å². The molecule has 54 heavy (non-hydrogen) atoms. The Balaban J connectivity index is 1.22. The predicted molar refractivity (Wildman–Crippen MR) is 202 cm³/mol. The Kier molecular flexibility index (Phi) is 20.4. The maximum Gasteiger partial charge on any atom is 0.338 e. The zero-order valence-corrected chi connectivity index (χ0v) is 31.2. The highest BCUT2D eigenvalue weighted by Crippen LogP contribution is 2.40. The van der Waals surface area contributed by atoms with Crippen molar-refractivity contribution in [2.24, 2.45) is 0 Å². The van der Waals surface area contributed by atoms with Crippen molar-refractivity contribution in [1.82, 2.24) is 0 Å². The van der Waals surface area contributed by atoms with Gasteiger partial charge in [-0.05, 0) is 41.0 Å². The van der Waals surface area contributed by atoms with Crippen LogP contribution in [0.3, 0.4) is 0 Å². The first-order valence-electron chi connectivity index (χ1n) is 18.0. The molecule has 4 rings (SSSR count). The van der Waals surface area contributed by atoms with Crippen molar-refractivity contribution in [2.45, 2.75) is 19.8 Å². The smallest absolute Gasteiger partial charge is 0.338 e. The molecular formula is C42H52O12. The summed E-state index contributed by atoms with van der Waals surface area (Å²) in [6.07, 6.45) is 0. The van der Waals surface area contributed by atoms with Gasteiger partial charge in [-0.1, -0.05) is 72.8 Å². The summed E-state index contributed by atoms with van der Waals surface area (Å²) < 4.78 is 62.6. The summed E-state index contributed by atoms with van der Waals surface area (Å²) in [6.45, 7) is 5.73. The number of rotatable bonds is 29. The first-order chi connectivity index (χ1) is 26.7. The van der Waals surface area contributed by atoms with Crippen molar-refractivity contribution in [3.05, 3.63) is 119 Å². The molecule has 0 spiro atoms. The van der Waals surface area contributed by atoms with Crippen LogP contribution in [0.15, 0.2) is 97.1 Å². The van der Waals surface area contributed by atoms with Gasteiger partial charge < -0.3 is 52.1 Å². The van der Waals surface area contributed by atoms with Gasteiger partial charge in [-0.3, -0.25) is 0 Å². The average Bonchev–Trinajstić information content (AvgIpc) is 3.22. The molecular weight excluding hydrogens is 696 g/mol. The van der Waals surface area contributed by atoms with Gasteiger partial charge in [0.15, 0.2) is 11.5 Å². The third-order valence-electron chi connectivity index (χ3n) is 7.67. The molecule has 12 nitrogen and oxygen atoms in total. The van der Waals surface area contributed by atoms with E-state index in [9.17, 15) is 4.79 Å². The molecule has 0 unspecified atom stereocenters. The van der Waals surface area contributed by atoms with Gasteiger partial charge in [0, 0.05) is 0 Å². The summed E-state index contributed by atoms with van der Waals surface area (Å²) in [6, 6.07) is 30.6. The lowest BCUT2D eigenvalue weighted by Gasteiger charge is -2.19. The molecule has 4 aromatic carbocycles. The molecule has 0 bridgehead atoms. The van der Waals surface area contributed by atoms with Crippen molar-refractivity contribution in [1.29, 1.82) is 0 Å². The maximum atomic E-state index is 12.6. The Morgan fingerprint density at radius 1 is 0.444 bits per heavy atom. The molecule has 0 N–H and O–H groups in total. The van der Waals surface area contributed by atoms with E-state index >= 15 is 0 Å². The van der Waals surface area contributed by atoms with Gasteiger partial charge in [0.05, 0.1) is 99.1 Å². The first-order valence-corrected chi connectivity index (χ1v) is 18.0. The molecule has 12 heteroatoms. The lowest BCUT2D eigenvalue weighted by atomic mass is 10.1. The van der Waals surface area contributed by atoms with Gasteiger partial charge in [-0.2, -0.15) is 0 Å². The fourth-order valence-corrected chi connectivity index (χ4v) is 4.88. The molecule has 292 valence electrons. The van der Waals surface area contributed by atoms with Gasteiger partial charge >= 0.3 is 5.97 Å². The fourth-order valence-electron chi connectivity index (χ4n) is 4.88. The molecule has 0 heterocycles. The summed E-state index contributed by atoms with van der Waals surface area (Å²) in [5, 5.41) is 0. The Bertz CT molecular complexity index is 1490. The van der Waals surface area contributed by atoms with E-state index < -0.39 is 5.97 Å². The Morgan fingerprint density at radius 2 is 0.852 bits per heavy atom. The second-order valence-electron chi connectivity index (χ2n) is 11.7. The molecule has 0 fully saturated rings. The van der Waals surface area contributed by atoms with E-state index in [0.717, 1.165) is 22.4 Å². The molecule has 4 aromatic rings. The van der Waals surface area contributed by atoms with Crippen LogP contribution in [0.1, 0.15) is 27.0 Å². The van der Waals surface area contributed by atoms with Gasteiger partial charge in [-0.15, -0.1) is 0 Å². The number of hydrogen-bond acceptors (Lipinski definition) is 12. The number of hydrogen-bond donors (Lipinski definition) is 0. The highest BCUT2D eigenvalue weighted by atomic mass is 16.6. The quantitative estimate of drug-likeness (QED) is 0.0457. The molecule has 0 amide bonds. The zero-order valence-electron chi connectivity index (χ0n) is 31.2. The van der Waals surface area contributed by atoms with Crippen molar-refractivity contribution in [3.63, 3.8) is 0 Å². The van der Waals surface area contributed by atoms with Crippen LogP contribution in [0.2, 0.25) is 0 Å². The lowest BCUT2D eigenvalue weighted by Crippen LogP contribution is -2.15. The van der Waals surface area contributed by atoms with Crippen molar-refractivity contribution < 1.29 is 56.9 Å². The summed E-state index contributed by atoms with van der Waals surface area (Å²) in [5.74, 6) is 1.13. The van der Waals surface area contributed by atoms with Crippen LogP contribution in [0.4, 0.5) is 0 Å². The second-order valence-corrected chi connectivity index (χ2v) is 11.7. The minimum absolute atomic E-state index is 0.184. The third-order valence-corrected chi connectivity index (χ3v) is 7.67. The molecule has 0 saturated carbocycles. The van der Waals surface area contributed by atoms with Gasteiger partial charge in [0.2, 0.25) is 5.75 Å². The minimum atomic E-state index is -0.548. The van der Waals surface area contributed by atoms with Crippen LogP contribution in [0.25, 0.3) is 0 Å². The summed E-state index contributed by atoms with van der Waals surface area (Å²) in [4.78, 5) is 12.6. The fraction of sp³-hybridized carbons (Fsp3) is 0.405. The number of benzene rings is 4. The average molecular weight is 749 g/mol. The van der Waals surface area contributed by atoms with E-state index in [2.05, 4.69) is 0 Å². The van der Waals surface area contributed by atoms with E-state index in [1.807, 2.05) is 84.9 Å². The summed E-state index contributed by atoms with van der Waals surface area (Å²) in [7, 11) is 2.93. The van der Waals surface area contributed by atoms with Crippen molar-refractivity contribution in [3.8, 4) is 23.0 Å². The monoisotopic (exact) mass is 748 g/mol. The Morgan fingerprint density at radius 3 is 1.28 bits per heavy atom. The van der Waals surface area contributed by atoms with Crippen LogP contribution in [0, 0.1) is 0 Å². The normalized spacial score (nSPS) is 10.9. The molecule has 0 saturated heterocycles. The van der Waals surface area contributed by atoms with E-state index in [1.165, 1.54) is 7.11 Å². The SMILES string of the molecule is COC(=O)c1cc(OCCOCCOCCOCc2ccccc2)c(OCc2ccc(OC)cc2)c(OCCOCCOCCOCc2ccccc2)c1. The van der Waals surface area contributed by atoms with E-state index in [-0.39, 0.29) is 38.6 Å². The summed E-state index contributed by atoms with van der Waals surface area (Å²) >= 11 is 0. The van der Waals surface area contributed by atoms with Crippen molar-refractivity contribution >= 4 is 5.97 Å².